The van der Waals surface area contributed by atoms with Crippen LogP contribution in [0.3, 0.4) is 0 Å². The second-order valence-electron chi connectivity index (χ2n) is 2.73. The number of nitrogens with one attached hydrogen (secondary N) is 1. The smallest absolute Gasteiger partial charge is 0.332 e. The molecule has 0 aromatic heterocycles. The zero-order chi connectivity index (χ0) is 11.8. The van der Waals surface area contributed by atoms with Gasteiger partial charge in [-0.05, 0) is 13.8 Å². The Hall–Kier alpha value is -1.57. The summed E-state index contributed by atoms with van der Waals surface area (Å²) < 4.78 is 17.9. The summed E-state index contributed by atoms with van der Waals surface area (Å²) in [6.45, 7) is 4.36. The molecule has 4 nitrogen and oxygen atoms in total. The second-order valence-corrected chi connectivity index (χ2v) is 2.73. The van der Waals surface area contributed by atoms with Gasteiger partial charge in [-0.3, -0.25) is 4.79 Å². The Morgan fingerprint density at radius 1 is 1.53 bits per heavy atom. The number of carbonyl (C=O) groups excluding carboxylic acids is 2. The van der Waals surface area contributed by atoms with Crippen molar-refractivity contribution in [1.29, 1.82) is 0 Å². The van der Waals surface area contributed by atoms with Crippen LogP contribution < -0.4 is 5.32 Å². The Morgan fingerprint density at radius 2 is 2.13 bits per heavy atom. The average molecular weight is 215 g/mol. The molecule has 0 spiro atoms. The molecule has 0 aliphatic rings. The fraction of sp³-hybridized carbons (Fsp3) is 0.600. The number of hydrogen-bond acceptors (Lipinski definition) is 3. The molecule has 84 valence electrons. The molecule has 0 saturated carbocycles. The lowest BCUT2D eigenvalue weighted by Gasteiger charge is -2.16. The highest BCUT2D eigenvalue weighted by Gasteiger charge is 2.29. The molecule has 0 bridgehead atoms. The predicted molar refractivity (Wildman–Crippen MR) is 52.6 cm³/mol. The zero-order valence-electron chi connectivity index (χ0n) is 8.96. The van der Waals surface area contributed by atoms with Gasteiger partial charge in [-0.1, -0.05) is 5.92 Å². The molecule has 0 aromatic rings. The van der Waals surface area contributed by atoms with E-state index < -0.39 is 24.1 Å². The molecule has 15 heavy (non-hydrogen) atoms. The highest BCUT2D eigenvalue weighted by atomic mass is 19.1. The van der Waals surface area contributed by atoms with Crippen LogP contribution in [0.25, 0.3) is 0 Å². The van der Waals surface area contributed by atoms with Crippen LogP contribution in [0.4, 0.5) is 4.39 Å². The first kappa shape index (κ1) is 13.4. The summed E-state index contributed by atoms with van der Waals surface area (Å²) in [6, 6.07) is -1.35. The van der Waals surface area contributed by atoms with Gasteiger partial charge >= 0.3 is 5.97 Å². The van der Waals surface area contributed by atoms with E-state index in [4.69, 9.17) is 0 Å². The normalized spacial score (nSPS) is 13.1. The minimum absolute atomic E-state index is 0.126. The first-order valence-electron chi connectivity index (χ1n) is 4.53. The molecule has 1 amide bonds. The standard InChI is InChI=1S/C10H14FNO3/c1-4-6-8(11)9(12-7(3)13)10(14)15-5-2/h8-9H,5H2,1-3H3,(H,12,13)/t8-,9+/m0/s1. The minimum Gasteiger partial charge on any atom is -0.464 e. The highest BCUT2D eigenvalue weighted by molar-refractivity contribution is 5.84. The van der Waals surface area contributed by atoms with Crippen molar-refractivity contribution in [3.63, 3.8) is 0 Å². The number of esters is 1. The van der Waals surface area contributed by atoms with E-state index in [-0.39, 0.29) is 6.61 Å². The van der Waals surface area contributed by atoms with E-state index in [1.807, 2.05) is 0 Å². The van der Waals surface area contributed by atoms with Gasteiger partial charge in [-0.25, -0.2) is 9.18 Å². The zero-order valence-corrected chi connectivity index (χ0v) is 8.96. The third-order valence-electron chi connectivity index (χ3n) is 1.47. The van der Waals surface area contributed by atoms with E-state index in [1.54, 1.807) is 6.92 Å². The summed E-state index contributed by atoms with van der Waals surface area (Å²) in [5, 5.41) is 2.16. The van der Waals surface area contributed by atoms with Gasteiger partial charge in [0.15, 0.2) is 12.2 Å². The molecular weight excluding hydrogens is 201 g/mol. The fourth-order valence-corrected chi connectivity index (χ4v) is 0.924. The Bertz CT molecular complexity index is 293. The molecule has 0 rings (SSSR count). The maximum atomic E-state index is 13.3. The molecule has 2 atom stereocenters. The van der Waals surface area contributed by atoms with Crippen molar-refractivity contribution in [2.45, 2.75) is 33.0 Å². The molecule has 0 fully saturated rings. The maximum Gasteiger partial charge on any atom is 0.332 e. The summed E-state index contributed by atoms with van der Waals surface area (Å²) in [5.74, 6) is 3.17. The van der Waals surface area contributed by atoms with Crippen molar-refractivity contribution in [2.24, 2.45) is 0 Å². The predicted octanol–water partition coefficient (Wildman–Crippen LogP) is 0.416. The Balaban J connectivity index is 4.60. The molecule has 5 heteroatoms. The Kier molecular flexibility index (Phi) is 6.11. The SMILES string of the molecule is CC#C[C@H](F)[C@@H](NC(C)=O)C(=O)OCC. The summed E-state index contributed by atoms with van der Waals surface area (Å²) >= 11 is 0. The van der Waals surface area contributed by atoms with Gasteiger partial charge in [0.2, 0.25) is 5.91 Å². The van der Waals surface area contributed by atoms with E-state index in [0.29, 0.717) is 0 Å². The highest BCUT2D eigenvalue weighted by Crippen LogP contribution is 2.01. The first-order valence-corrected chi connectivity index (χ1v) is 4.53. The Morgan fingerprint density at radius 3 is 2.53 bits per heavy atom. The van der Waals surface area contributed by atoms with Crippen molar-refractivity contribution in [3.05, 3.63) is 0 Å². The van der Waals surface area contributed by atoms with Crippen molar-refractivity contribution in [1.82, 2.24) is 5.32 Å². The van der Waals surface area contributed by atoms with Crippen LogP contribution in [0.15, 0.2) is 0 Å². The number of carbonyl (C=O) groups is 2. The molecule has 0 aliphatic heterocycles. The molecule has 0 saturated heterocycles. The lowest BCUT2D eigenvalue weighted by atomic mass is 10.2. The summed E-state index contributed by atoms with van der Waals surface area (Å²) in [7, 11) is 0. The number of ether oxygens (including phenoxy) is 1. The molecule has 0 radical (unpaired) electrons. The van der Waals surface area contributed by atoms with Crippen LogP contribution in [-0.2, 0) is 14.3 Å². The maximum absolute atomic E-state index is 13.3. The molecule has 0 heterocycles. The van der Waals surface area contributed by atoms with Gasteiger partial charge in [-0.2, -0.15) is 0 Å². The second kappa shape index (κ2) is 6.82. The lowest BCUT2D eigenvalue weighted by Crippen LogP contribution is -2.46. The fourth-order valence-electron chi connectivity index (χ4n) is 0.924. The first-order chi connectivity index (χ1) is 7.02. The number of alkyl halides is 1. The molecule has 0 aliphatic carbocycles. The average Bonchev–Trinajstić information content (AvgIpc) is 2.14. The van der Waals surface area contributed by atoms with E-state index in [1.165, 1.54) is 13.8 Å². The monoisotopic (exact) mass is 215 g/mol. The van der Waals surface area contributed by atoms with Crippen LogP contribution >= 0.6 is 0 Å². The van der Waals surface area contributed by atoms with Crippen LogP contribution in [0, 0.1) is 11.8 Å². The van der Waals surface area contributed by atoms with Gasteiger partial charge in [0.25, 0.3) is 0 Å². The van der Waals surface area contributed by atoms with Crippen molar-refractivity contribution in [2.75, 3.05) is 6.61 Å². The largest absolute Gasteiger partial charge is 0.464 e. The van der Waals surface area contributed by atoms with Crippen LogP contribution in [0.5, 0.6) is 0 Å². The van der Waals surface area contributed by atoms with E-state index in [0.717, 1.165) is 0 Å². The molecular formula is C10H14FNO3. The van der Waals surface area contributed by atoms with Crippen molar-refractivity contribution in [3.8, 4) is 11.8 Å². The lowest BCUT2D eigenvalue weighted by molar-refractivity contribution is -0.148. The quantitative estimate of drug-likeness (QED) is 0.546. The van der Waals surface area contributed by atoms with Gasteiger partial charge in [0.1, 0.15) is 0 Å². The minimum atomic E-state index is -1.75. The number of rotatable bonds is 4. The van der Waals surface area contributed by atoms with E-state index in [2.05, 4.69) is 21.9 Å². The number of halogens is 1. The van der Waals surface area contributed by atoms with Crippen LogP contribution in [0.1, 0.15) is 20.8 Å². The Labute approximate surface area is 88.2 Å². The van der Waals surface area contributed by atoms with Gasteiger partial charge in [0, 0.05) is 6.92 Å². The van der Waals surface area contributed by atoms with Crippen molar-refractivity contribution < 1.29 is 18.7 Å². The molecule has 0 unspecified atom stereocenters. The topological polar surface area (TPSA) is 55.4 Å². The number of amides is 1. The molecule has 0 aromatic carbocycles. The van der Waals surface area contributed by atoms with E-state index >= 15 is 0 Å². The molecule has 1 N–H and O–H groups in total. The summed E-state index contributed by atoms with van der Waals surface area (Å²) in [6.07, 6.45) is -1.75. The van der Waals surface area contributed by atoms with Crippen molar-refractivity contribution >= 4 is 11.9 Å². The number of hydrogen-bond donors (Lipinski definition) is 1. The van der Waals surface area contributed by atoms with Crippen LogP contribution in [0.2, 0.25) is 0 Å². The summed E-state index contributed by atoms with van der Waals surface area (Å²) in [4.78, 5) is 22.0. The van der Waals surface area contributed by atoms with Gasteiger partial charge < -0.3 is 10.1 Å². The van der Waals surface area contributed by atoms with Gasteiger partial charge in [-0.15, -0.1) is 5.92 Å². The summed E-state index contributed by atoms with van der Waals surface area (Å²) in [5.41, 5.74) is 0. The van der Waals surface area contributed by atoms with Crippen LogP contribution in [-0.4, -0.2) is 30.7 Å². The van der Waals surface area contributed by atoms with E-state index in [9.17, 15) is 14.0 Å². The third kappa shape index (κ3) is 5.01. The third-order valence-corrected chi connectivity index (χ3v) is 1.47. The van der Waals surface area contributed by atoms with Gasteiger partial charge in [0.05, 0.1) is 6.61 Å².